The first-order chi connectivity index (χ1) is 12.1. The second-order valence-corrected chi connectivity index (χ2v) is 6.42. The maximum absolute atomic E-state index is 12.5. The number of carbonyl (C=O) groups excluding carboxylic acids is 1. The van der Waals surface area contributed by atoms with Crippen molar-refractivity contribution in [2.75, 3.05) is 7.11 Å². The molecule has 0 aliphatic carbocycles. The number of para-hydroxylation sites is 1. The molecule has 0 spiro atoms. The number of ketones is 1. The number of thiazole rings is 1. The highest BCUT2D eigenvalue weighted by molar-refractivity contribution is 7.17. The molecule has 0 bridgehead atoms. The van der Waals surface area contributed by atoms with Gasteiger partial charge in [-0.05, 0) is 49.4 Å². The first-order valence-electron chi connectivity index (χ1n) is 7.70. The summed E-state index contributed by atoms with van der Waals surface area (Å²) in [5, 5.41) is 10.1. The summed E-state index contributed by atoms with van der Waals surface area (Å²) in [5.41, 5.74) is 2.42. The number of allylic oxidation sites excluding steroid dienone is 1. The van der Waals surface area contributed by atoms with Gasteiger partial charge in [-0.15, -0.1) is 11.3 Å². The topological polar surface area (TPSA) is 59.4 Å². The van der Waals surface area contributed by atoms with E-state index in [1.165, 1.54) is 11.3 Å². The molecule has 0 aliphatic rings. The summed E-state index contributed by atoms with van der Waals surface area (Å²) >= 11 is 1.35. The van der Waals surface area contributed by atoms with E-state index >= 15 is 0 Å². The number of aromatic hydroxyl groups is 1. The number of aromatic nitrogens is 1. The number of methoxy groups -OCH3 is 1. The zero-order valence-corrected chi connectivity index (χ0v) is 14.7. The van der Waals surface area contributed by atoms with Gasteiger partial charge >= 0.3 is 0 Å². The van der Waals surface area contributed by atoms with Gasteiger partial charge in [0.2, 0.25) is 0 Å². The van der Waals surface area contributed by atoms with Gasteiger partial charge in [-0.3, -0.25) is 4.79 Å². The van der Waals surface area contributed by atoms with Gasteiger partial charge < -0.3 is 9.84 Å². The summed E-state index contributed by atoms with van der Waals surface area (Å²) < 4.78 is 5.29. The lowest BCUT2D eigenvalue weighted by atomic mass is 10.1. The maximum atomic E-state index is 12.5. The summed E-state index contributed by atoms with van der Waals surface area (Å²) in [5.74, 6) is 0.830. The Bertz CT molecular complexity index is 926. The molecule has 1 heterocycles. The lowest BCUT2D eigenvalue weighted by Crippen LogP contribution is -1.93. The molecule has 0 unspecified atom stereocenters. The fourth-order valence-electron chi connectivity index (χ4n) is 2.40. The Hall–Kier alpha value is -2.92. The fraction of sp³-hybridized carbons (Fsp3) is 0.100. The van der Waals surface area contributed by atoms with Crippen LogP contribution in [-0.2, 0) is 0 Å². The highest BCUT2D eigenvalue weighted by atomic mass is 32.1. The first-order valence-corrected chi connectivity index (χ1v) is 8.52. The van der Waals surface area contributed by atoms with Crippen LogP contribution in [0.1, 0.15) is 20.9 Å². The monoisotopic (exact) mass is 351 g/mol. The van der Waals surface area contributed by atoms with E-state index in [1.54, 1.807) is 43.5 Å². The Kier molecular flexibility index (Phi) is 4.95. The molecular formula is C20H17NO3S. The number of hydrogen-bond donors (Lipinski definition) is 1. The molecule has 3 rings (SSSR count). The molecule has 3 aromatic rings. The molecule has 0 amide bonds. The third kappa shape index (κ3) is 3.78. The van der Waals surface area contributed by atoms with Gasteiger partial charge in [0.05, 0.1) is 17.7 Å². The van der Waals surface area contributed by atoms with Crippen LogP contribution in [0.25, 0.3) is 16.6 Å². The number of hydrogen-bond acceptors (Lipinski definition) is 5. The SMILES string of the molecule is COc1ccccc1/C=C/C(=O)c1sc(-c2ccc(O)cc2)nc1C. The molecule has 126 valence electrons. The van der Waals surface area contributed by atoms with Crippen molar-refractivity contribution in [3.8, 4) is 22.1 Å². The van der Waals surface area contributed by atoms with Crippen molar-refractivity contribution in [3.05, 3.63) is 70.7 Å². The molecule has 0 saturated heterocycles. The van der Waals surface area contributed by atoms with Crippen molar-refractivity contribution in [2.45, 2.75) is 6.92 Å². The summed E-state index contributed by atoms with van der Waals surface area (Å²) in [6.45, 7) is 1.82. The van der Waals surface area contributed by atoms with Crippen LogP contribution in [0.2, 0.25) is 0 Å². The van der Waals surface area contributed by atoms with Crippen molar-refractivity contribution in [2.24, 2.45) is 0 Å². The number of phenols is 1. The van der Waals surface area contributed by atoms with E-state index in [0.29, 0.717) is 10.6 Å². The van der Waals surface area contributed by atoms with Gasteiger partial charge in [0.1, 0.15) is 16.5 Å². The van der Waals surface area contributed by atoms with Gasteiger partial charge in [0.15, 0.2) is 5.78 Å². The van der Waals surface area contributed by atoms with Gasteiger partial charge in [0.25, 0.3) is 0 Å². The smallest absolute Gasteiger partial charge is 0.197 e. The Morgan fingerprint density at radius 3 is 2.60 bits per heavy atom. The molecule has 0 fully saturated rings. The Morgan fingerprint density at radius 1 is 1.16 bits per heavy atom. The highest BCUT2D eigenvalue weighted by Crippen LogP contribution is 2.29. The van der Waals surface area contributed by atoms with Crippen LogP contribution in [0.5, 0.6) is 11.5 Å². The van der Waals surface area contributed by atoms with Crippen molar-refractivity contribution < 1.29 is 14.6 Å². The molecule has 0 aliphatic heterocycles. The van der Waals surface area contributed by atoms with Crippen LogP contribution in [0.4, 0.5) is 0 Å². The van der Waals surface area contributed by atoms with Crippen molar-refractivity contribution >= 4 is 23.2 Å². The predicted octanol–water partition coefficient (Wildman–Crippen LogP) is 4.73. The van der Waals surface area contributed by atoms with Crippen LogP contribution >= 0.6 is 11.3 Å². The molecule has 0 atom stereocenters. The largest absolute Gasteiger partial charge is 0.508 e. The summed E-state index contributed by atoms with van der Waals surface area (Å²) in [6.07, 6.45) is 3.29. The summed E-state index contributed by atoms with van der Waals surface area (Å²) in [7, 11) is 1.60. The zero-order valence-electron chi connectivity index (χ0n) is 13.9. The van der Waals surface area contributed by atoms with Gasteiger partial charge in [-0.25, -0.2) is 4.98 Å². The molecule has 0 radical (unpaired) electrons. The van der Waals surface area contributed by atoms with E-state index in [1.807, 2.05) is 31.2 Å². The Labute approximate surface area is 150 Å². The van der Waals surface area contributed by atoms with E-state index in [9.17, 15) is 9.90 Å². The average Bonchev–Trinajstić information content (AvgIpc) is 3.02. The number of aryl methyl sites for hydroxylation is 1. The standard InChI is InChI=1S/C20H17NO3S/c1-13-19(25-20(21-13)15-7-10-16(22)11-8-15)17(23)12-9-14-5-3-4-6-18(14)24-2/h3-12,22H,1-2H3/b12-9+. The van der Waals surface area contributed by atoms with E-state index in [2.05, 4.69) is 4.98 Å². The molecule has 1 N–H and O–H groups in total. The van der Waals surface area contributed by atoms with E-state index in [-0.39, 0.29) is 11.5 Å². The molecule has 1 aromatic heterocycles. The molecule has 2 aromatic carbocycles. The minimum atomic E-state index is -0.0917. The van der Waals surface area contributed by atoms with Crippen molar-refractivity contribution in [3.63, 3.8) is 0 Å². The minimum absolute atomic E-state index is 0.0917. The van der Waals surface area contributed by atoms with Gasteiger partial charge in [0, 0.05) is 11.1 Å². The van der Waals surface area contributed by atoms with E-state index in [4.69, 9.17) is 4.74 Å². The van der Waals surface area contributed by atoms with E-state index in [0.717, 1.165) is 21.9 Å². The van der Waals surface area contributed by atoms with Gasteiger partial charge in [-0.1, -0.05) is 18.2 Å². The van der Waals surface area contributed by atoms with Crippen LogP contribution in [-0.4, -0.2) is 23.0 Å². The number of benzene rings is 2. The molecule has 5 heteroatoms. The average molecular weight is 351 g/mol. The lowest BCUT2D eigenvalue weighted by Gasteiger charge is -2.02. The van der Waals surface area contributed by atoms with Crippen molar-refractivity contribution in [1.29, 1.82) is 0 Å². The zero-order chi connectivity index (χ0) is 17.8. The Balaban J connectivity index is 1.85. The molecule has 25 heavy (non-hydrogen) atoms. The number of rotatable bonds is 5. The Morgan fingerprint density at radius 2 is 1.88 bits per heavy atom. The highest BCUT2D eigenvalue weighted by Gasteiger charge is 2.14. The maximum Gasteiger partial charge on any atom is 0.197 e. The number of phenolic OH excluding ortho intramolecular Hbond substituents is 1. The van der Waals surface area contributed by atoms with E-state index < -0.39 is 0 Å². The van der Waals surface area contributed by atoms with Gasteiger partial charge in [-0.2, -0.15) is 0 Å². The van der Waals surface area contributed by atoms with Crippen LogP contribution in [0.15, 0.2) is 54.6 Å². The molecule has 0 saturated carbocycles. The fourth-order valence-corrected chi connectivity index (χ4v) is 3.39. The third-order valence-electron chi connectivity index (χ3n) is 3.69. The third-order valence-corrected chi connectivity index (χ3v) is 4.91. The first kappa shape index (κ1) is 16.9. The number of ether oxygens (including phenoxy) is 1. The van der Waals surface area contributed by atoms with Crippen molar-refractivity contribution in [1.82, 2.24) is 4.98 Å². The minimum Gasteiger partial charge on any atom is -0.508 e. The van der Waals surface area contributed by atoms with Crippen LogP contribution in [0, 0.1) is 6.92 Å². The normalized spacial score (nSPS) is 11.0. The van der Waals surface area contributed by atoms with Crippen LogP contribution < -0.4 is 4.74 Å². The quantitative estimate of drug-likeness (QED) is 0.533. The molecular weight excluding hydrogens is 334 g/mol. The lowest BCUT2D eigenvalue weighted by molar-refractivity contribution is 0.105. The number of carbonyl (C=O) groups is 1. The summed E-state index contributed by atoms with van der Waals surface area (Å²) in [4.78, 5) is 17.6. The predicted molar refractivity (Wildman–Crippen MR) is 100 cm³/mol. The molecule has 4 nitrogen and oxygen atoms in total. The van der Waals surface area contributed by atoms with Crippen LogP contribution in [0.3, 0.4) is 0 Å². The summed E-state index contributed by atoms with van der Waals surface area (Å²) in [6, 6.07) is 14.3. The second-order valence-electron chi connectivity index (χ2n) is 5.42. The second kappa shape index (κ2) is 7.32. The number of nitrogens with zero attached hydrogens (tertiary/aromatic N) is 1.